The number of para-hydroxylation sites is 1. The van der Waals surface area contributed by atoms with Crippen molar-refractivity contribution in [1.82, 2.24) is 4.90 Å². The van der Waals surface area contributed by atoms with E-state index < -0.39 is 17.7 Å². The van der Waals surface area contributed by atoms with Gasteiger partial charge in [0.2, 0.25) is 0 Å². The van der Waals surface area contributed by atoms with Gasteiger partial charge in [-0.15, -0.1) is 11.3 Å². The number of benzene rings is 2. The number of Topliss-reactive ketones (excluding diaryl/α,β-unsaturated/α-hetero) is 1. The van der Waals surface area contributed by atoms with Gasteiger partial charge in [-0.3, -0.25) is 9.59 Å². The van der Waals surface area contributed by atoms with Crippen molar-refractivity contribution >= 4 is 28.8 Å². The van der Waals surface area contributed by atoms with Crippen molar-refractivity contribution in [3.63, 3.8) is 0 Å². The number of likely N-dealkylation sites (tertiary alicyclic amines) is 1. The van der Waals surface area contributed by atoms with E-state index in [-0.39, 0.29) is 17.9 Å². The van der Waals surface area contributed by atoms with Gasteiger partial charge < -0.3 is 29.0 Å². The van der Waals surface area contributed by atoms with Crippen molar-refractivity contribution in [3.8, 4) is 23.0 Å². The lowest BCUT2D eigenvalue weighted by atomic mass is 9.94. The molecule has 3 aromatic rings. The molecule has 1 fully saturated rings. The third-order valence-electron chi connectivity index (χ3n) is 5.83. The topological polar surface area (TPSA) is 94.5 Å². The number of carbonyl (C=O) groups is 2. The fourth-order valence-electron chi connectivity index (χ4n) is 4.20. The van der Waals surface area contributed by atoms with Crippen LogP contribution in [0, 0.1) is 0 Å². The maximum atomic E-state index is 13.3. The molecule has 9 heteroatoms. The summed E-state index contributed by atoms with van der Waals surface area (Å²) in [6.45, 7) is 0.190. The third-order valence-corrected chi connectivity index (χ3v) is 6.69. The average molecular weight is 496 g/mol. The van der Waals surface area contributed by atoms with E-state index in [4.69, 9.17) is 18.9 Å². The van der Waals surface area contributed by atoms with Crippen molar-refractivity contribution in [2.24, 2.45) is 0 Å². The maximum absolute atomic E-state index is 13.3. The lowest BCUT2D eigenvalue weighted by Crippen LogP contribution is -2.29. The lowest BCUT2D eigenvalue weighted by Gasteiger charge is -2.27. The molecule has 1 N–H and O–H groups in total. The predicted molar refractivity (Wildman–Crippen MR) is 131 cm³/mol. The number of hydrogen-bond acceptors (Lipinski definition) is 8. The van der Waals surface area contributed by atoms with Gasteiger partial charge in [0, 0.05) is 16.0 Å². The molecule has 1 unspecified atom stereocenters. The molecular formula is C26H25NO7S. The van der Waals surface area contributed by atoms with Gasteiger partial charge in [-0.2, -0.15) is 0 Å². The molecule has 182 valence electrons. The van der Waals surface area contributed by atoms with Crippen LogP contribution in [0.3, 0.4) is 0 Å². The quantitative estimate of drug-likeness (QED) is 0.281. The molecule has 35 heavy (non-hydrogen) atoms. The highest BCUT2D eigenvalue weighted by Gasteiger charge is 2.47. The van der Waals surface area contributed by atoms with Gasteiger partial charge in [-0.25, -0.2) is 0 Å². The zero-order valence-electron chi connectivity index (χ0n) is 19.7. The molecule has 0 bridgehead atoms. The number of carbonyl (C=O) groups excluding carboxylic acids is 2. The number of hydrogen-bond donors (Lipinski definition) is 1. The van der Waals surface area contributed by atoms with Crippen LogP contribution in [0.25, 0.3) is 5.76 Å². The maximum Gasteiger partial charge on any atom is 0.295 e. The molecule has 2 heterocycles. The van der Waals surface area contributed by atoms with Gasteiger partial charge in [-0.1, -0.05) is 18.2 Å². The first-order valence-corrected chi connectivity index (χ1v) is 11.6. The van der Waals surface area contributed by atoms with E-state index in [1.54, 1.807) is 36.4 Å². The summed E-state index contributed by atoms with van der Waals surface area (Å²) in [5.41, 5.74) is 0.776. The molecule has 0 aliphatic carbocycles. The monoisotopic (exact) mass is 495 g/mol. The zero-order valence-corrected chi connectivity index (χ0v) is 20.5. The van der Waals surface area contributed by atoms with Gasteiger partial charge in [0.05, 0.1) is 46.6 Å². The molecule has 1 atom stereocenters. The Labute approximate surface area is 206 Å². The van der Waals surface area contributed by atoms with Crippen molar-refractivity contribution in [2.75, 3.05) is 28.4 Å². The highest BCUT2D eigenvalue weighted by molar-refractivity contribution is 7.09. The molecule has 0 saturated carbocycles. The van der Waals surface area contributed by atoms with Crippen LogP contribution in [0.2, 0.25) is 0 Å². The minimum Gasteiger partial charge on any atom is -0.507 e. The molecular weight excluding hydrogens is 470 g/mol. The molecule has 1 aromatic heterocycles. The molecule has 1 saturated heterocycles. The number of thiophene rings is 1. The second-order valence-electron chi connectivity index (χ2n) is 7.66. The lowest BCUT2D eigenvalue weighted by molar-refractivity contribution is -0.140. The second kappa shape index (κ2) is 10.1. The number of aliphatic hydroxyl groups excluding tert-OH is 1. The van der Waals surface area contributed by atoms with Crippen molar-refractivity contribution in [1.29, 1.82) is 0 Å². The fraction of sp³-hybridized carbons (Fsp3) is 0.231. The minimum absolute atomic E-state index is 0.0506. The molecule has 1 aliphatic rings. The van der Waals surface area contributed by atoms with E-state index in [9.17, 15) is 14.7 Å². The van der Waals surface area contributed by atoms with E-state index in [0.717, 1.165) is 4.88 Å². The third kappa shape index (κ3) is 4.30. The highest BCUT2D eigenvalue weighted by Crippen LogP contribution is 2.46. The van der Waals surface area contributed by atoms with Gasteiger partial charge >= 0.3 is 0 Å². The van der Waals surface area contributed by atoms with Crippen LogP contribution in [-0.4, -0.2) is 50.1 Å². The molecule has 1 aliphatic heterocycles. The Bertz CT molecular complexity index is 1280. The van der Waals surface area contributed by atoms with E-state index in [1.165, 1.54) is 44.7 Å². The Hall–Kier alpha value is -3.98. The van der Waals surface area contributed by atoms with Gasteiger partial charge in [0.25, 0.3) is 11.7 Å². The predicted octanol–water partition coefficient (Wildman–Crippen LogP) is 4.40. The Morgan fingerprint density at radius 2 is 1.66 bits per heavy atom. The number of ketones is 1. The number of methoxy groups -OCH3 is 4. The largest absolute Gasteiger partial charge is 0.507 e. The number of amides is 1. The van der Waals surface area contributed by atoms with Crippen LogP contribution in [0.1, 0.15) is 22.0 Å². The Balaban J connectivity index is 1.94. The van der Waals surface area contributed by atoms with Crippen LogP contribution >= 0.6 is 11.3 Å². The summed E-state index contributed by atoms with van der Waals surface area (Å²) in [5.74, 6) is -0.172. The van der Waals surface area contributed by atoms with Crippen molar-refractivity contribution in [3.05, 3.63) is 75.5 Å². The summed E-state index contributed by atoms with van der Waals surface area (Å²) in [5, 5.41) is 13.3. The van der Waals surface area contributed by atoms with Crippen LogP contribution in [0.15, 0.2) is 59.5 Å². The summed E-state index contributed by atoms with van der Waals surface area (Å²) in [6, 6.07) is 12.9. The van der Waals surface area contributed by atoms with Crippen LogP contribution in [0.4, 0.5) is 0 Å². The number of nitrogens with zero attached hydrogens (tertiary/aromatic N) is 1. The summed E-state index contributed by atoms with van der Waals surface area (Å²) in [6.07, 6.45) is 0. The van der Waals surface area contributed by atoms with E-state index in [2.05, 4.69) is 0 Å². The number of ether oxygens (including phenoxy) is 4. The second-order valence-corrected chi connectivity index (χ2v) is 8.69. The zero-order chi connectivity index (χ0) is 25.1. The van der Waals surface area contributed by atoms with E-state index in [1.807, 2.05) is 17.5 Å². The standard InChI is InChI=1S/C26H25NO7S/c1-31-18-11-10-15(13-20(18)33-3)23(28)21-22(17-8-5-9-19(32-2)25(17)34-4)27(26(30)24(21)29)14-16-7-6-12-35-16/h5-13,22,28H,14H2,1-4H3/b23-21+. The Morgan fingerprint density at radius 3 is 2.29 bits per heavy atom. The number of aliphatic hydroxyl groups is 1. The first-order chi connectivity index (χ1) is 16.9. The first-order valence-electron chi connectivity index (χ1n) is 10.7. The normalized spacial score (nSPS) is 16.9. The van der Waals surface area contributed by atoms with Crippen molar-refractivity contribution in [2.45, 2.75) is 12.6 Å². The van der Waals surface area contributed by atoms with E-state index >= 15 is 0 Å². The van der Waals surface area contributed by atoms with Crippen LogP contribution < -0.4 is 18.9 Å². The molecule has 0 spiro atoms. The van der Waals surface area contributed by atoms with Crippen LogP contribution in [-0.2, 0) is 16.1 Å². The molecule has 4 rings (SSSR count). The van der Waals surface area contributed by atoms with E-state index in [0.29, 0.717) is 34.1 Å². The Morgan fingerprint density at radius 1 is 0.914 bits per heavy atom. The molecule has 8 nitrogen and oxygen atoms in total. The van der Waals surface area contributed by atoms with Crippen LogP contribution in [0.5, 0.6) is 23.0 Å². The minimum atomic E-state index is -0.907. The SMILES string of the molecule is COc1ccc(/C(O)=C2\C(=O)C(=O)N(Cc3cccs3)C2c2cccc(OC)c2OC)cc1OC. The molecule has 2 aromatic carbocycles. The fourth-order valence-corrected chi connectivity index (χ4v) is 4.91. The van der Waals surface area contributed by atoms with Crippen molar-refractivity contribution < 1.29 is 33.6 Å². The summed E-state index contributed by atoms with van der Waals surface area (Å²) in [4.78, 5) is 28.9. The molecule has 1 amide bonds. The first kappa shape index (κ1) is 24.2. The summed E-state index contributed by atoms with van der Waals surface area (Å²) < 4.78 is 21.7. The summed E-state index contributed by atoms with van der Waals surface area (Å²) in [7, 11) is 5.97. The highest BCUT2D eigenvalue weighted by atomic mass is 32.1. The average Bonchev–Trinajstić information content (AvgIpc) is 3.49. The van der Waals surface area contributed by atoms with Gasteiger partial charge in [0.1, 0.15) is 5.76 Å². The summed E-state index contributed by atoms with van der Waals surface area (Å²) >= 11 is 1.47. The van der Waals surface area contributed by atoms with Gasteiger partial charge in [0.15, 0.2) is 23.0 Å². The molecule has 0 radical (unpaired) electrons. The number of rotatable bonds is 8. The van der Waals surface area contributed by atoms with Gasteiger partial charge in [-0.05, 0) is 35.7 Å². The smallest absolute Gasteiger partial charge is 0.295 e. The Kier molecular flexibility index (Phi) is 6.97.